The Morgan fingerprint density at radius 2 is 2.05 bits per heavy atom. The van der Waals surface area contributed by atoms with Crippen LogP contribution in [0.4, 0.5) is 0 Å². The summed E-state index contributed by atoms with van der Waals surface area (Å²) in [7, 11) is 0. The molecule has 0 aliphatic carbocycles. The lowest BCUT2D eigenvalue weighted by Crippen LogP contribution is -2.50. The van der Waals surface area contributed by atoms with Gasteiger partial charge in [-0.3, -0.25) is 9.59 Å². The topological polar surface area (TPSA) is 72.6 Å². The van der Waals surface area contributed by atoms with Crippen LogP contribution in [0.15, 0.2) is 24.3 Å². The molecule has 0 radical (unpaired) electrons. The number of para-hydroxylation sites is 1. The van der Waals surface area contributed by atoms with Crippen LogP contribution in [0.3, 0.4) is 0 Å². The van der Waals surface area contributed by atoms with E-state index in [2.05, 4.69) is 0 Å². The molecule has 1 heterocycles. The van der Waals surface area contributed by atoms with Crippen molar-refractivity contribution >= 4 is 11.8 Å². The quantitative estimate of drug-likeness (QED) is 0.913. The zero-order chi connectivity index (χ0) is 15.4. The summed E-state index contributed by atoms with van der Waals surface area (Å²) >= 11 is 0. The molecule has 1 aromatic rings. The van der Waals surface area contributed by atoms with Gasteiger partial charge in [-0.1, -0.05) is 18.2 Å². The van der Waals surface area contributed by atoms with Crippen LogP contribution in [0.25, 0.3) is 0 Å². The number of hydrogen-bond acceptors (Lipinski definition) is 3. The molecule has 0 saturated carbocycles. The van der Waals surface area contributed by atoms with Gasteiger partial charge >= 0.3 is 0 Å². The van der Waals surface area contributed by atoms with E-state index in [1.165, 1.54) is 0 Å². The van der Waals surface area contributed by atoms with E-state index in [4.69, 9.17) is 10.5 Å². The fourth-order valence-corrected chi connectivity index (χ4v) is 2.63. The SMILES string of the molecule is Cc1ccccc1OCC(=O)N1C[C@H](C(N)=O)CC[C@H]1C. The number of benzene rings is 1. The lowest BCUT2D eigenvalue weighted by Gasteiger charge is -2.36. The van der Waals surface area contributed by atoms with Gasteiger partial charge in [-0.2, -0.15) is 0 Å². The van der Waals surface area contributed by atoms with Crippen LogP contribution in [0.1, 0.15) is 25.3 Å². The number of carbonyl (C=O) groups is 2. The van der Waals surface area contributed by atoms with E-state index < -0.39 is 0 Å². The summed E-state index contributed by atoms with van der Waals surface area (Å²) in [6.45, 7) is 4.31. The smallest absolute Gasteiger partial charge is 0.260 e. The highest BCUT2D eigenvalue weighted by Crippen LogP contribution is 2.22. The van der Waals surface area contributed by atoms with Crippen molar-refractivity contribution < 1.29 is 14.3 Å². The largest absolute Gasteiger partial charge is 0.484 e. The molecule has 1 fully saturated rings. The van der Waals surface area contributed by atoms with Gasteiger partial charge in [-0.15, -0.1) is 0 Å². The van der Waals surface area contributed by atoms with Crippen molar-refractivity contribution in [3.8, 4) is 5.75 Å². The Kier molecular flexibility index (Phi) is 4.83. The molecular formula is C16H22N2O3. The molecule has 21 heavy (non-hydrogen) atoms. The van der Waals surface area contributed by atoms with Gasteiger partial charge in [0.05, 0.1) is 5.92 Å². The van der Waals surface area contributed by atoms with E-state index in [9.17, 15) is 9.59 Å². The van der Waals surface area contributed by atoms with E-state index in [1.807, 2.05) is 38.1 Å². The van der Waals surface area contributed by atoms with Crippen LogP contribution in [0.5, 0.6) is 5.75 Å². The number of aryl methyl sites for hydroxylation is 1. The fourth-order valence-electron chi connectivity index (χ4n) is 2.63. The van der Waals surface area contributed by atoms with E-state index in [1.54, 1.807) is 4.90 Å². The lowest BCUT2D eigenvalue weighted by molar-refractivity contribution is -0.139. The summed E-state index contributed by atoms with van der Waals surface area (Å²) in [5.74, 6) is 0.0294. The van der Waals surface area contributed by atoms with Crippen LogP contribution in [0, 0.1) is 12.8 Å². The maximum Gasteiger partial charge on any atom is 0.260 e. The van der Waals surface area contributed by atoms with Gasteiger partial charge in [0.15, 0.2) is 6.61 Å². The Labute approximate surface area is 125 Å². The fraction of sp³-hybridized carbons (Fsp3) is 0.500. The second-order valence-electron chi connectivity index (χ2n) is 5.63. The van der Waals surface area contributed by atoms with Crippen molar-refractivity contribution in [3.63, 3.8) is 0 Å². The number of primary amides is 1. The standard InChI is InChI=1S/C16H22N2O3/c1-11-5-3-4-6-14(11)21-10-15(19)18-9-13(16(17)20)8-7-12(18)2/h3-6,12-13H,7-10H2,1-2H3,(H2,17,20)/t12-,13-/m1/s1. The summed E-state index contributed by atoms with van der Waals surface area (Å²) in [6, 6.07) is 7.70. The molecule has 2 rings (SSSR count). The lowest BCUT2D eigenvalue weighted by atomic mass is 9.93. The van der Waals surface area contributed by atoms with Gasteiger partial charge in [0.1, 0.15) is 5.75 Å². The van der Waals surface area contributed by atoms with E-state index in [0.717, 1.165) is 18.4 Å². The van der Waals surface area contributed by atoms with Gasteiger partial charge in [0.25, 0.3) is 5.91 Å². The molecule has 0 aromatic heterocycles. The minimum atomic E-state index is -0.334. The minimum absolute atomic E-state index is 0.0132. The third-order valence-corrected chi connectivity index (χ3v) is 4.05. The van der Waals surface area contributed by atoms with E-state index in [-0.39, 0.29) is 30.4 Å². The first-order valence-corrected chi connectivity index (χ1v) is 7.26. The summed E-state index contributed by atoms with van der Waals surface area (Å²) in [5, 5.41) is 0. The maximum atomic E-state index is 12.3. The second-order valence-corrected chi connectivity index (χ2v) is 5.63. The molecule has 5 nitrogen and oxygen atoms in total. The Hall–Kier alpha value is -2.04. The number of rotatable bonds is 4. The zero-order valence-corrected chi connectivity index (χ0v) is 12.5. The average Bonchev–Trinajstić information content (AvgIpc) is 2.46. The molecule has 0 bridgehead atoms. The second kappa shape index (κ2) is 6.61. The Balaban J connectivity index is 1.95. The molecule has 1 aliphatic rings. The highest BCUT2D eigenvalue weighted by atomic mass is 16.5. The predicted octanol–water partition coefficient (Wildman–Crippen LogP) is 1.49. The predicted molar refractivity (Wildman–Crippen MR) is 79.8 cm³/mol. The highest BCUT2D eigenvalue weighted by molar-refractivity contribution is 5.81. The van der Waals surface area contributed by atoms with Crippen molar-refractivity contribution in [1.82, 2.24) is 4.90 Å². The van der Waals surface area contributed by atoms with Crippen molar-refractivity contribution in [2.75, 3.05) is 13.2 Å². The average molecular weight is 290 g/mol. The van der Waals surface area contributed by atoms with E-state index in [0.29, 0.717) is 12.3 Å². The number of likely N-dealkylation sites (tertiary alicyclic amines) is 1. The summed E-state index contributed by atoms with van der Waals surface area (Å²) in [4.78, 5) is 25.3. The molecule has 2 atom stereocenters. The Bertz CT molecular complexity index is 530. The number of nitrogens with zero attached hydrogens (tertiary/aromatic N) is 1. The van der Waals surface area contributed by atoms with Crippen molar-refractivity contribution in [2.45, 2.75) is 32.7 Å². The number of piperidine rings is 1. The molecule has 1 aliphatic heterocycles. The molecule has 2 amide bonds. The highest BCUT2D eigenvalue weighted by Gasteiger charge is 2.31. The van der Waals surface area contributed by atoms with Crippen molar-refractivity contribution in [3.05, 3.63) is 29.8 Å². The number of hydrogen-bond donors (Lipinski definition) is 1. The molecule has 5 heteroatoms. The monoisotopic (exact) mass is 290 g/mol. The van der Waals surface area contributed by atoms with Crippen molar-refractivity contribution in [1.29, 1.82) is 0 Å². The summed E-state index contributed by atoms with van der Waals surface area (Å²) in [6.07, 6.45) is 1.54. The normalized spacial score (nSPS) is 21.9. The summed E-state index contributed by atoms with van der Waals surface area (Å²) < 4.78 is 5.59. The van der Waals surface area contributed by atoms with Crippen LogP contribution in [0.2, 0.25) is 0 Å². The van der Waals surface area contributed by atoms with Gasteiger partial charge in [-0.25, -0.2) is 0 Å². The van der Waals surface area contributed by atoms with Gasteiger partial charge in [-0.05, 0) is 38.3 Å². The maximum absolute atomic E-state index is 12.3. The first-order valence-electron chi connectivity index (χ1n) is 7.26. The Morgan fingerprint density at radius 3 is 2.71 bits per heavy atom. The van der Waals surface area contributed by atoms with Gasteiger partial charge in [0, 0.05) is 12.6 Å². The van der Waals surface area contributed by atoms with Crippen LogP contribution >= 0.6 is 0 Å². The summed E-state index contributed by atoms with van der Waals surface area (Å²) in [5.41, 5.74) is 6.34. The van der Waals surface area contributed by atoms with Gasteiger partial charge in [0.2, 0.25) is 5.91 Å². The van der Waals surface area contributed by atoms with Crippen LogP contribution in [-0.2, 0) is 9.59 Å². The molecule has 2 N–H and O–H groups in total. The molecule has 114 valence electrons. The third-order valence-electron chi connectivity index (χ3n) is 4.05. The molecular weight excluding hydrogens is 268 g/mol. The van der Waals surface area contributed by atoms with Crippen molar-refractivity contribution in [2.24, 2.45) is 11.7 Å². The molecule has 1 aromatic carbocycles. The number of nitrogens with two attached hydrogens (primary N) is 1. The Morgan fingerprint density at radius 1 is 1.33 bits per heavy atom. The third kappa shape index (κ3) is 3.74. The number of carbonyl (C=O) groups excluding carboxylic acids is 2. The first-order chi connectivity index (χ1) is 9.99. The van der Waals surface area contributed by atoms with Gasteiger partial charge < -0.3 is 15.4 Å². The first kappa shape index (κ1) is 15.4. The molecule has 0 spiro atoms. The zero-order valence-electron chi connectivity index (χ0n) is 12.5. The number of ether oxygens (including phenoxy) is 1. The van der Waals surface area contributed by atoms with Crippen LogP contribution in [-0.4, -0.2) is 35.9 Å². The molecule has 1 saturated heterocycles. The minimum Gasteiger partial charge on any atom is -0.484 e. The molecule has 0 unspecified atom stereocenters. The number of amides is 2. The van der Waals surface area contributed by atoms with Crippen LogP contribution < -0.4 is 10.5 Å². The van der Waals surface area contributed by atoms with E-state index >= 15 is 0 Å².